The van der Waals surface area contributed by atoms with Gasteiger partial charge in [-0.25, -0.2) is 0 Å². The molecular formula is C10H9NO4. The summed E-state index contributed by atoms with van der Waals surface area (Å²) in [6.45, 7) is 1.27. The third-order valence-electron chi connectivity index (χ3n) is 1.55. The molecule has 1 aromatic rings. The molecule has 78 valence electrons. The predicted octanol–water partition coefficient (Wildman–Crippen LogP) is 1.86. The van der Waals surface area contributed by atoms with Crippen molar-refractivity contribution in [2.45, 2.75) is 6.92 Å². The van der Waals surface area contributed by atoms with Gasteiger partial charge in [-0.05, 0) is 6.07 Å². The molecule has 5 heteroatoms. The van der Waals surface area contributed by atoms with Crippen LogP contribution in [0.2, 0.25) is 0 Å². The predicted molar refractivity (Wildman–Crippen MR) is 53.8 cm³/mol. The minimum absolute atomic E-state index is 0.308. The van der Waals surface area contributed by atoms with Gasteiger partial charge in [-0.15, -0.1) is 0 Å². The fraction of sp³-hybridized carbons (Fsp3) is 0.100. The van der Waals surface area contributed by atoms with Crippen LogP contribution in [0.15, 0.2) is 30.5 Å². The lowest BCUT2D eigenvalue weighted by molar-refractivity contribution is -0.400. The molecule has 1 rings (SSSR count). The first-order valence-corrected chi connectivity index (χ1v) is 4.19. The van der Waals surface area contributed by atoms with E-state index in [1.54, 1.807) is 24.3 Å². The average molecular weight is 207 g/mol. The van der Waals surface area contributed by atoms with E-state index in [0.29, 0.717) is 11.3 Å². The molecule has 0 aliphatic carbocycles. The topological polar surface area (TPSA) is 69.4 Å². The molecule has 5 nitrogen and oxygen atoms in total. The second-order valence-corrected chi connectivity index (χ2v) is 2.73. The average Bonchev–Trinajstić information content (AvgIpc) is 2.15. The minimum atomic E-state index is -0.579. The molecule has 15 heavy (non-hydrogen) atoms. The monoisotopic (exact) mass is 207 g/mol. The van der Waals surface area contributed by atoms with Gasteiger partial charge in [-0.2, -0.15) is 0 Å². The largest absolute Gasteiger partial charge is 0.426 e. The molecule has 0 aliphatic heterocycles. The van der Waals surface area contributed by atoms with Gasteiger partial charge >= 0.3 is 5.97 Å². The lowest BCUT2D eigenvalue weighted by Gasteiger charge is -2.03. The maximum Gasteiger partial charge on any atom is 0.308 e. The van der Waals surface area contributed by atoms with Crippen LogP contribution in [0.25, 0.3) is 6.08 Å². The molecule has 0 heterocycles. The fourth-order valence-corrected chi connectivity index (χ4v) is 1.01. The normalized spacial score (nSPS) is 10.2. The van der Waals surface area contributed by atoms with Crippen molar-refractivity contribution in [2.75, 3.05) is 0 Å². The Morgan fingerprint density at radius 2 is 2.13 bits per heavy atom. The molecule has 1 aromatic carbocycles. The third-order valence-corrected chi connectivity index (χ3v) is 1.55. The number of rotatable bonds is 3. The highest BCUT2D eigenvalue weighted by molar-refractivity contribution is 5.71. The summed E-state index contributed by atoms with van der Waals surface area (Å²) in [4.78, 5) is 20.3. The first-order valence-electron chi connectivity index (χ1n) is 4.19. The molecule has 0 fully saturated rings. The van der Waals surface area contributed by atoms with Crippen LogP contribution in [-0.4, -0.2) is 10.9 Å². The second kappa shape index (κ2) is 4.90. The van der Waals surface area contributed by atoms with Gasteiger partial charge in [0.1, 0.15) is 5.75 Å². The summed E-state index contributed by atoms with van der Waals surface area (Å²) < 4.78 is 4.86. The van der Waals surface area contributed by atoms with E-state index in [1.165, 1.54) is 13.0 Å². The minimum Gasteiger partial charge on any atom is -0.426 e. The summed E-state index contributed by atoms with van der Waals surface area (Å²) in [6.07, 6.45) is 2.07. The standard InChI is InChI=1S/C10H9NO4/c1-8(12)15-10-5-3-2-4-9(10)6-7-11(13)14/h2-7H,1H3/b7-6+. The third kappa shape index (κ3) is 3.60. The summed E-state index contributed by atoms with van der Waals surface area (Å²) in [5, 5.41) is 10.1. The Bertz CT molecular complexity index is 412. The van der Waals surface area contributed by atoms with Crippen molar-refractivity contribution < 1.29 is 14.5 Å². The lowest BCUT2D eigenvalue weighted by atomic mass is 10.2. The number of hydrogen-bond acceptors (Lipinski definition) is 4. The number of hydrogen-bond donors (Lipinski definition) is 0. The van der Waals surface area contributed by atoms with E-state index in [9.17, 15) is 14.9 Å². The Morgan fingerprint density at radius 1 is 1.47 bits per heavy atom. The van der Waals surface area contributed by atoms with Gasteiger partial charge in [0.25, 0.3) is 0 Å². The summed E-state index contributed by atoms with van der Waals surface area (Å²) in [5.74, 6) is -0.153. The summed E-state index contributed by atoms with van der Waals surface area (Å²) in [6, 6.07) is 6.58. The Morgan fingerprint density at radius 3 is 2.73 bits per heavy atom. The highest BCUT2D eigenvalue weighted by Gasteiger charge is 2.03. The van der Waals surface area contributed by atoms with Crippen LogP contribution in [-0.2, 0) is 4.79 Å². The van der Waals surface area contributed by atoms with Crippen molar-refractivity contribution in [1.82, 2.24) is 0 Å². The van der Waals surface area contributed by atoms with Gasteiger partial charge < -0.3 is 4.74 Å². The maximum absolute atomic E-state index is 10.7. The SMILES string of the molecule is CC(=O)Oc1ccccc1/C=C/[N+](=O)[O-]. The van der Waals surface area contributed by atoms with E-state index >= 15 is 0 Å². The molecule has 0 spiro atoms. The van der Waals surface area contributed by atoms with Crippen molar-refractivity contribution >= 4 is 12.0 Å². The molecule has 0 unspecified atom stereocenters. The molecule has 0 N–H and O–H groups in total. The van der Waals surface area contributed by atoms with Crippen molar-refractivity contribution in [1.29, 1.82) is 0 Å². The van der Waals surface area contributed by atoms with Gasteiger partial charge in [-0.1, -0.05) is 18.2 Å². The van der Waals surface area contributed by atoms with Gasteiger partial charge in [0.05, 0.1) is 4.92 Å². The number of esters is 1. The zero-order valence-electron chi connectivity index (χ0n) is 8.04. The molecule has 0 radical (unpaired) electrons. The molecule has 0 saturated heterocycles. The van der Waals surface area contributed by atoms with Crippen molar-refractivity contribution in [3.05, 3.63) is 46.1 Å². The highest BCUT2D eigenvalue weighted by atomic mass is 16.6. The van der Waals surface area contributed by atoms with Crippen LogP contribution in [0.5, 0.6) is 5.75 Å². The van der Waals surface area contributed by atoms with Crippen molar-refractivity contribution in [3.63, 3.8) is 0 Å². The van der Waals surface area contributed by atoms with E-state index in [1.807, 2.05) is 0 Å². The molecule has 0 aliphatic rings. The number of nitrogens with zero attached hydrogens (tertiary/aromatic N) is 1. The van der Waals surface area contributed by atoms with Gasteiger partial charge in [0, 0.05) is 18.6 Å². The van der Waals surface area contributed by atoms with Crippen LogP contribution in [0.4, 0.5) is 0 Å². The number of carbonyl (C=O) groups excluding carboxylic acids is 1. The zero-order chi connectivity index (χ0) is 11.3. The van der Waals surface area contributed by atoms with E-state index in [2.05, 4.69) is 0 Å². The first-order chi connectivity index (χ1) is 7.09. The smallest absolute Gasteiger partial charge is 0.308 e. The first kappa shape index (κ1) is 10.9. The van der Waals surface area contributed by atoms with Crippen LogP contribution < -0.4 is 4.74 Å². The molecule has 0 aromatic heterocycles. The number of ether oxygens (including phenoxy) is 1. The van der Waals surface area contributed by atoms with Crippen LogP contribution in [0.1, 0.15) is 12.5 Å². The number of nitro groups is 1. The quantitative estimate of drug-likeness (QED) is 0.328. The van der Waals surface area contributed by atoms with E-state index in [4.69, 9.17) is 4.74 Å². The molecule has 0 amide bonds. The Balaban J connectivity index is 2.95. The number of para-hydroxylation sites is 1. The fourth-order valence-electron chi connectivity index (χ4n) is 1.01. The molecule has 0 saturated carbocycles. The van der Waals surface area contributed by atoms with Crippen molar-refractivity contribution in [2.24, 2.45) is 0 Å². The van der Waals surface area contributed by atoms with E-state index < -0.39 is 10.9 Å². The van der Waals surface area contributed by atoms with Crippen LogP contribution >= 0.6 is 0 Å². The van der Waals surface area contributed by atoms with Crippen LogP contribution in [0.3, 0.4) is 0 Å². The number of benzene rings is 1. The zero-order valence-corrected chi connectivity index (χ0v) is 8.04. The van der Waals surface area contributed by atoms with Gasteiger partial charge in [0.15, 0.2) is 0 Å². The highest BCUT2D eigenvalue weighted by Crippen LogP contribution is 2.19. The summed E-state index contributed by atoms with van der Waals surface area (Å²) in [7, 11) is 0. The van der Waals surface area contributed by atoms with E-state index in [0.717, 1.165) is 6.20 Å². The van der Waals surface area contributed by atoms with Gasteiger partial charge in [0.2, 0.25) is 6.20 Å². The maximum atomic E-state index is 10.7. The summed E-state index contributed by atoms with van der Waals surface area (Å²) in [5.41, 5.74) is 0.490. The summed E-state index contributed by atoms with van der Waals surface area (Å²) >= 11 is 0. The molecule has 0 bridgehead atoms. The molecule has 0 atom stereocenters. The van der Waals surface area contributed by atoms with Crippen LogP contribution in [0, 0.1) is 10.1 Å². The number of carbonyl (C=O) groups is 1. The lowest BCUT2D eigenvalue weighted by Crippen LogP contribution is -2.02. The Hall–Kier alpha value is -2.17. The van der Waals surface area contributed by atoms with E-state index in [-0.39, 0.29) is 0 Å². The molecular weight excluding hydrogens is 198 g/mol. The Labute approximate surface area is 86.1 Å². The van der Waals surface area contributed by atoms with Crippen molar-refractivity contribution in [3.8, 4) is 5.75 Å². The second-order valence-electron chi connectivity index (χ2n) is 2.73. The van der Waals surface area contributed by atoms with Gasteiger partial charge in [-0.3, -0.25) is 14.9 Å². The Kier molecular flexibility index (Phi) is 3.56.